The van der Waals surface area contributed by atoms with Gasteiger partial charge in [0.2, 0.25) is 0 Å². The largest absolute Gasteiger partial charge is 0.333 e. The third-order valence-electron chi connectivity index (χ3n) is 7.68. The first kappa shape index (κ1) is 18.2. The average Bonchev–Trinajstić information content (AvgIpc) is 2.68. The summed E-state index contributed by atoms with van der Waals surface area (Å²) in [6.45, 7) is 4.90. The first-order chi connectivity index (χ1) is 13.7. The third kappa shape index (κ3) is 3.84. The van der Waals surface area contributed by atoms with E-state index in [4.69, 9.17) is 0 Å². The Morgan fingerprint density at radius 1 is 1.04 bits per heavy atom. The van der Waals surface area contributed by atoms with E-state index < -0.39 is 0 Å². The Bertz CT molecular complexity index is 685. The molecule has 2 amide bonds. The van der Waals surface area contributed by atoms with Crippen molar-refractivity contribution in [2.45, 2.75) is 44.1 Å². The zero-order valence-corrected chi connectivity index (χ0v) is 16.9. The fraction of sp³-hybridized carbons (Fsp3) is 0.625. The lowest BCUT2D eigenvalue weighted by Gasteiger charge is -2.57. The van der Waals surface area contributed by atoms with Crippen LogP contribution in [0.5, 0.6) is 0 Å². The molecule has 1 saturated heterocycles. The predicted octanol–water partition coefficient (Wildman–Crippen LogP) is 2.58. The van der Waals surface area contributed by atoms with Crippen molar-refractivity contribution in [2.75, 3.05) is 32.7 Å². The van der Waals surface area contributed by atoms with E-state index in [1.165, 1.54) is 44.1 Å². The zero-order chi connectivity index (χ0) is 19.0. The molecule has 5 fully saturated rings. The van der Waals surface area contributed by atoms with Crippen molar-refractivity contribution >= 4 is 12.1 Å². The minimum Gasteiger partial charge on any atom is -0.333 e. The Morgan fingerprint density at radius 3 is 2.25 bits per heavy atom. The maximum Gasteiger partial charge on any atom is 0.318 e. The Kier molecular flexibility index (Phi) is 4.92. The fourth-order valence-corrected chi connectivity index (χ4v) is 6.73. The molecule has 0 spiro atoms. The summed E-state index contributed by atoms with van der Waals surface area (Å²) >= 11 is 0. The molecular formula is C24H34N3O+. The molecule has 0 unspecified atom stereocenters. The van der Waals surface area contributed by atoms with Crippen LogP contribution in [0.2, 0.25) is 0 Å². The van der Waals surface area contributed by atoms with E-state index in [1.54, 1.807) is 4.90 Å². The second-order valence-corrected chi connectivity index (χ2v) is 9.88. The van der Waals surface area contributed by atoms with Crippen molar-refractivity contribution in [1.82, 2.24) is 10.2 Å². The molecule has 4 saturated carbocycles. The van der Waals surface area contributed by atoms with Gasteiger partial charge in [-0.1, -0.05) is 36.4 Å². The van der Waals surface area contributed by atoms with Gasteiger partial charge in [0.15, 0.2) is 0 Å². The summed E-state index contributed by atoms with van der Waals surface area (Å²) in [4.78, 5) is 16.6. The molecule has 4 heteroatoms. The minimum atomic E-state index is 0.133. The monoisotopic (exact) mass is 380 g/mol. The van der Waals surface area contributed by atoms with E-state index in [0.717, 1.165) is 50.5 Å². The summed E-state index contributed by atoms with van der Waals surface area (Å²) in [5, 5.41) is 3.54. The van der Waals surface area contributed by atoms with E-state index in [2.05, 4.69) is 52.7 Å². The van der Waals surface area contributed by atoms with Crippen LogP contribution >= 0.6 is 0 Å². The lowest BCUT2D eigenvalue weighted by atomic mass is 9.53. The van der Waals surface area contributed by atoms with Crippen LogP contribution < -0.4 is 10.2 Å². The highest BCUT2D eigenvalue weighted by Crippen LogP contribution is 2.55. The Morgan fingerprint density at radius 2 is 1.64 bits per heavy atom. The second-order valence-electron chi connectivity index (χ2n) is 9.88. The molecule has 0 aromatic heterocycles. The Hall–Kier alpha value is -1.81. The fourth-order valence-electron chi connectivity index (χ4n) is 6.73. The minimum absolute atomic E-state index is 0.133. The van der Waals surface area contributed by atoms with Crippen LogP contribution in [0.4, 0.5) is 4.79 Å². The van der Waals surface area contributed by atoms with Crippen LogP contribution in [-0.2, 0) is 0 Å². The third-order valence-corrected chi connectivity index (χ3v) is 7.68. The highest BCUT2D eigenvalue weighted by atomic mass is 16.2. The van der Waals surface area contributed by atoms with Crippen molar-refractivity contribution in [1.29, 1.82) is 0 Å². The first-order valence-corrected chi connectivity index (χ1v) is 11.3. The Labute approximate surface area is 169 Å². The number of amides is 2. The standard InChI is InChI=1S/C24H33N3O/c28-23(25-24-16-20-13-21(17-24)15-22(14-20)18-24)27-11-9-26(10-12-27)8-4-7-19-5-2-1-3-6-19/h1-7,20-22H,8-18H2,(H,25,28)/p+1/b7-4+. The number of rotatable bonds is 4. The molecule has 1 aliphatic heterocycles. The molecule has 4 nitrogen and oxygen atoms in total. The number of carbonyl (C=O) groups excluding carboxylic acids is 1. The number of urea groups is 1. The molecule has 2 N–H and O–H groups in total. The van der Waals surface area contributed by atoms with Gasteiger partial charge in [-0.2, -0.15) is 0 Å². The molecule has 0 radical (unpaired) electrons. The van der Waals surface area contributed by atoms with Crippen molar-refractivity contribution < 1.29 is 9.69 Å². The van der Waals surface area contributed by atoms with E-state index in [0.29, 0.717) is 0 Å². The van der Waals surface area contributed by atoms with Crippen LogP contribution in [0.15, 0.2) is 36.4 Å². The van der Waals surface area contributed by atoms with Gasteiger partial charge in [0.05, 0.1) is 32.7 Å². The summed E-state index contributed by atoms with van der Waals surface area (Å²) in [6.07, 6.45) is 12.5. The molecule has 150 valence electrons. The van der Waals surface area contributed by atoms with E-state index in [-0.39, 0.29) is 11.6 Å². The number of carbonyl (C=O) groups is 1. The molecule has 4 bridgehead atoms. The molecule has 28 heavy (non-hydrogen) atoms. The van der Waals surface area contributed by atoms with Gasteiger partial charge < -0.3 is 15.1 Å². The van der Waals surface area contributed by atoms with Crippen LogP contribution in [-0.4, -0.2) is 49.2 Å². The first-order valence-electron chi connectivity index (χ1n) is 11.3. The highest BCUT2D eigenvalue weighted by molar-refractivity contribution is 5.75. The van der Waals surface area contributed by atoms with Gasteiger partial charge >= 0.3 is 6.03 Å². The second kappa shape index (κ2) is 7.55. The molecule has 0 atom stereocenters. The molecule has 1 aromatic rings. The van der Waals surface area contributed by atoms with Crippen molar-refractivity contribution in [2.24, 2.45) is 17.8 Å². The van der Waals surface area contributed by atoms with E-state index in [9.17, 15) is 4.79 Å². The molecule has 1 heterocycles. The van der Waals surface area contributed by atoms with Crippen LogP contribution in [0.25, 0.3) is 6.08 Å². The number of piperazine rings is 1. The van der Waals surface area contributed by atoms with Gasteiger partial charge in [0.1, 0.15) is 0 Å². The quantitative estimate of drug-likeness (QED) is 0.828. The summed E-state index contributed by atoms with van der Waals surface area (Å²) in [5.74, 6) is 2.64. The lowest BCUT2D eigenvalue weighted by molar-refractivity contribution is -0.898. The van der Waals surface area contributed by atoms with E-state index >= 15 is 0 Å². The summed E-state index contributed by atoms with van der Waals surface area (Å²) in [6, 6.07) is 10.7. The number of nitrogens with zero attached hydrogens (tertiary/aromatic N) is 1. The number of hydrogen-bond acceptors (Lipinski definition) is 1. The lowest BCUT2D eigenvalue weighted by Crippen LogP contribution is -3.14. The molecular weight excluding hydrogens is 346 g/mol. The van der Waals surface area contributed by atoms with Crippen molar-refractivity contribution in [3.63, 3.8) is 0 Å². The summed E-state index contributed by atoms with van der Waals surface area (Å²) in [5.41, 5.74) is 1.39. The maximum absolute atomic E-state index is 13.0. The average molecular weight is 381 g/mol. The predicted molar refractivity (Wildman–Crippen MR) is 112 cm³/mol. The Balaban J connectivity index is 1.10. The molecule has 1 aromatic carbocycles. The number of quaternary nitrogens is 1. The number of benzene rings is 1. The van der Waals surface area contributed by atoms with Gasteiger partial charge in [-0.25, -0.2) is 4.79 Å². The van der Waals surface area contributed by atoms with Gasteiger partial charge in [-0.05, 0) is 67.9 Å². The zero-order valence-electron chi connectivity index (χ0n) is 16.9. The molecule has 6 rings (SSSR count). The van der Waals surface area contributed by atoms with Gasteiger partial charge in [-0.15, -0.1) is 0 Å². The smallest absolute Gasteiger partial charge is 0.318 e. The van der Waals surface area contributed by atoms with Crippen LogP contribution in [0.3, 0.4) is 0 Å². The number of hydrogen-bond donors (Lipinski definition) is 2. The highest BCUT2D eigenvalue weighted by Gasteiger charge is 2.51. The van der Waals surface area contributed by atoms with Crippen LogP contribution in [0, 0.1) is 17.8 Å². The van der Waals surface area contributed by atoms with Gasteiger partial charge in [0.25, 0.3) is 0 Å². The van der Waals surface area contributed by atoms with Gasteiger partial charge in [-0.3, -0.25) is 0 Å². The maximum atomic E-state index is 13.0. The summed E-state index contributed by atoms with van der Waals surface area (Å²) < 4.78 is 0. The van der Waals surface area contributed by atoms with Crippen molar-refractivity contribution in [3.05, 3.63) is 42.0 Å². The van der Waals surface area contributed by atoms with Gasteiger partial charge in [0, 0.05) is 5.54 Å². The SMILES string of the molecule is O=C(NC12CC3CC(CC(C3)C1)C2)N1CC[NH+](C/C=C/c2ccccc2)CC1. The number of nitrogens with one attached hydrogen (secondary N) is 2. The molecule has 5 aliphatic rings. The van der Waals surface area contributed by atoms with E-state index in [1.807, 2.05) is 0 Å². The van der Waals surface area contributed by atoms with Crippen LogP contribution in [0.1, 0.15) is 44.1 Å². The van der Waals surface area contributed by atoms with Crippen molar-refractivity contribution in [3.8, 4) is 0 Å². The summed E-state index contributed by atoms with van der Waals surface area (Å²) in [7, 11) is 0. The molecule has 4 aliphatic carbocycles. The normalized spacial score (nSPS) is 34.9. The topological polar surface area (TPSA) is 36.8 Å².